The summed E-state index contributed by atoms with van der Waals surface area (Å²) in [6.07, 6.45) is 87.9. The first-order valence-electron chi connectivity index (χ1n) is 33.2. The summed E-state index contributed by atoms with van der Waals surface area (Å²) in [5, 5.41) is 23.2. The summed E-state index contributed by atoms with van der Waals surface area (Å²) in [6.45, 7) is 4.34. The summed E-state index contributed by atoms with van der Waals surface area (Å²) in [7, 11) is 0. The number of carbonyl (C=O) groups is 1. The van der Waals surface area contributed by atoms with Crippen molar-refractivity contribution in [3.8, 4) is 0 Å². The molecule has 0 aromatic rings. The molecule has 0 bridgehead atoms. The van der Waals surface area contributed by atoms with Crippen LogP contribution in [0.4, 0.5) is 0 Å². The van der Waals surface area contributed by atoms with E-state index in [-0.39, 0.29) is 12.5 Å². The van der Waals surface area contributed by atoms with Crippen molar-refractivity contribution in [3.05, 3.63) is 36.5 Å². The van der Waals surface area contributed by atoms with E-state index < -0.39 is 12.1 Å². The van der Waals surface area contributed by atoms with Crippen LogP contribution >= 0.6 is 0 Å². The van der Waals surface area contributed by atoms with Gasteiger partial charge in [0.15, 0.2) is 0 Å². The van der Waals surface area contributed by atoms with Gasteiger partial charge in [0.2, 0.25) is 5.91 Å². The largest absolute Gasteiger partial charge is 0.394 e. The number of aliphatic hydroxyl groups excluding tert-OH is 2. The third kappa shape index (κ3) is 59.5. The first-order valence-corrected chi connectivity index (χ1v) is 33.2. The highest BCUT2D eigenvalue weighted by molar-refractivity contribution is 5.76. The van der Waals surface area contributed by atoms with Gasteiger partial charge in [-0.3, -0.25) is 4.79 Å². The number of hydrogen-bond donors (Lipinski definition) is 3. The van der Waals surface area contributed by atoms with Crippen molar-refractivity contribution in [1.82, 2.24) is 5.32 Å². The third-order valence-electron chi connectivity index (χ3n) is 15.6. The Balaban J connectivity index is 3.46. The van der Waals surface area contributed by atoms with Gasteiger partial charge in [-0.25, -0.2) is 0 Å². The molecule has 0 aliphatic heterocycles. The minimum atomic E-state index is -0.863. The fourth-order valence-electron chi connectivity index (χ4n) is 10.5. The zero-order valence-electron chi connectivity index (χ0n) is 49.2. The van der Waals surface area contributed by atoms with Gasteiger partial charge in [-0.05, 0) is 57.8 Å². The number of hydrogen-bond acceptors (Lipinski definition) is 3. The first kappa shape index (κ1) is 70.6. The molecule has 0 aromatic carbocycles. The second-order valence-electron chi connectivity index (χ2n) is 22.9. The predicted molar refractivity (Wildman–Crippen MR) is 322 cm³/mol. The molecule has 0 radical (unpaired) electrons. The van der Waals surface area contributed by atoms with Crippen LogP contribution in [0.15, 0.2) is 36.5 Å². The van der Waals surface area contributed by atoms with E-state index in [1.807, 2.05) is 6.08 Å². The number of amides is 1. The molecule has 0 aliphatic carbocycles. The SMILES string of the molecule is CCCCCCCCCC/C=C\CCCCCCCCCCCCCCCCCC(=O)NC(CO)C(O)/C=C/CC/C=C/CCCCCCCCCCCCCCCCCCCCCCCCCCCCC. The Morgan fingerprint density at radius 2 is 0.542 bits per heavy atom. The van der Waals surface area contributed by atoms with Crippen LogP contribution in [-0.4, -0.2) is 34.9 Å². The van der Waals surface area contributed by atoms with Crippen LogP contribution in [0.1, 0.15) is 373 Å². The fraction of sp³-hybridized carbons (Fsp3) is 0.897. The lowest BCUT2D eigenvalue weighted by Gasteiger charge is -2.19. The van der Waals surface area contributed by atoms with Gasteiger partial charge in [0.1, 0.15) is 0 Å². The maximum atomic E-state index is 12.5. The van der Waals surface area contributed by atoms with E-state index in [9.17, 15) is 15.0 Å². The summed E-state index contributed by atoms with van der Waals surface area (Å²) in [6, 6.07) is -0.640. The molecule has 2 unspecified atom stereocenters. The lowest BCUT2D eigenvalue weighted by atomic mass is 10.0. The summed E-state index contributed by atoms with van der Waals surface area (Å²) in [4.78, 5) is 12.5. The molecule has 0 rings (SSSR count). The Morgan fingerprint density at radius 3 is 0.806 bits per heavy atom. The monoisotopic (exact) mass is 1010 g/mol. The van der Waals surface area contributed by atoms with Gasteiger partial charge in [-0.15, -0.1) is 0 Å². The fourth-order valence-corrected chi connectivity index (χ4v) is 10.5. The molecule has 4 heteroatoms. The van der Waals surface area contributed by atoms with Gasteiger partial charge in [0.25, 0.3) is 0 Å². The zero-order chi connectivity index (χ0) is 52.0. The number of aliphatic hydroxyl groups is 2. The van der Waals surface area contributed by atoms with Crippen LogP contribution in [0.2, 0.25) is 0 Å². The van der Waals surface area contributed by atoms with Crippen LogP contribution in [0, 0.1) is 0 Å². The van der Waals surface area contributed by atoms with Crippen LogP contribution in [0.5, 0.6) is 0 Å². The van der Waals surface area contributed by atoms with E-state index in [4.69, 9.17) is 0 Å². The molecule has 3 N–H and O–H groups in total. The second kappa shape index (κ2) is 63.9. The highest BCUT2D eigenvalue weighted by Crippen LogP contribution is 2.18. The summed E-state index contributed by atoms with van der Waals surface area (Å²) in [5.74, 6) is -0.0673. The lowest BCUT2D eigenvalue weighted by Crippen LogP contribution is -2.45. The summed E-state index contributed by atoms with van der Waals surface area (Å²) >= 11 is 0. The highest BCUT2D eigenvalue weighted by Gasteiger charge is 2.18. The average Bonchev–Trinajstić information content (AvgIpc) is 3.39. The molecule has 0 aromatic heterocycles. The Hall–Kier alpha value is -1.39. The van der Waals surface area contributed by atoms with Crippen LogP contribution in [0.25, 0.3) is 0 Å². The van der Waals surface area contributed by atoms with E-state index in [0.29, 0.717) is 6.42 Å². The van der Waals surface area contributed by atoms with E-state index in [1.165, 1.54) is 321 Å². The molecular weight excluding hydrogens is 879 g/mol. The van der Waals surface area contributed by atoms with E-state index in [1.54, 1.807) is 6.08 Å². The lowest BCUT2D eigenvalue weighted by molar-refractivity contribution is -0.123. The molecule has 0 saturated carbocycles. The van der Waals surface area contributed by atoms with Gasteiger partial charge < -0.3 is 15.5 Å². The van der Waals surface area contributed by atoms with Gasteiger partial charge in [0.05, 0.1) is 18.8 Å². The Labute approximate surface area is 452 Å². The minimum Gasteiger partial charge on any atom is -0.394 e. The molecule has 2 atom stereocenters. The van der Waals surface area contributed by atoms with Crippen molar-refractivity contribution in [1.29, 1.82) is 0 Å². The summed E-state index contributed by atoms with van der Waals surface area (Å²) in [5.41, 5.74) is 0. The molecule has 0 aliphatic rings. The zero-order valence-corrected chi connectivity index (χ0v) is 49.2. The van der Waals surface area contributed by atoms with E-state index in [2.05, 4.69) is 43.5 Å². The number of rotatable bonds is 62. The summed E-state index contributed by atoms with van der Waals surface area (Å²) < 4.78 is 0. The molecule has 1 amide bonds. The minimum absolute atomic E-state index is 0.0673. The number of unbranched alkanes of at least 4 members (excludes halogenated alkanes) is 51. The quantitative estimate of drug-likeness (QED) is 0.0420. The molecular formula is C68H131NO3. The maximum absolute atomic E-state index is 12.5. The molecule has 426 valence electrons. The maximum Gasteiger partial charge on any atom is 0.220 e. The molecule has 72 heavy (non-hydrogen) atoms. The van der Waals surface area contributed by atoms with Crippen LogP contribution in [-0.2, 0) is 4.79 Å². The first-order chi connectivity index (χ1) is 35.7. The molecule has 0 spiro atoms. The molecule has 0 fully saturated rings. The topological polar surface area (TPSA) is 69.6 Å². The normalized spacial score (nSPS) is 12.9. The molecule has 4 nitrogen and oxygen atoms in total. The van der Waals surface area contributed by atoms with Crippen LogP contribution in [0.3, 0.4) is 0 Å². The number of nitrogens with one attached hydrogen (secondary N) is 1. The Bertz CT molecular complexity index is 1100. The predicted octanol–water partition coefficient (Wildman–Crippen LogP) is 22.4. The smallest absolute Gasteiger partial charge is 0.220 e. The molecule has 0 saturated heterocycles. The van der Waals surface area contributed by atoms with Gasteiger partial charge in [-0.1, -0.05) is 346 Å². The van der Waals surface area contributed by atoms with Gasteiger partial charge in [0, 0.05) is 6.42 Å². The van der Waals surface area contributed by atoms with Crippen molar-refractivity contribution in [2.45, 2.75) is 386 Å². The average molecular weight is 1010 g/mol. The van der Waals surface area contributed by atoms with Crippen molar-refractivity contribution >= 4 is 5.91 Å². The van der Waals surface area contributed by atoms with Gasteiger partial charge >= 0.3 is 0 Å². The van der Waals surface area contributed by atoms with Crippen molar-refractivity contribution in [2.24, 2.45) is 0 Å². The van der Waals surface area contributed by atoms with Crippen molar-refractivity contribution in [2.75, 3.05) is 6.61 Å². The number of allylic oxidation sites excluding steroid dienone is 5. The Morgan fingerprint density at radius 1 is 0.319 bits per heavy atom. The van der Waals surface area contributed by atoms with Crippen molar-refractivity contribution in [3.63, 3.8) is 0 Å². The van der Waals surface area contributed by atoms with Crippen LogP contribution < -0.4 is 5.32 Å². The van der Waals surface area contributed by atoms with E-state index >= 15 is 0 Å². The highest BCUT2D eigenvalue weighted by atomic mass is 16.3. The second-order valence-corrected chi connectivity index (χ2v) is 22.9. The van der Waals surface area contributed by atoms with Crippen molar-refractivity contribution < 1.29 is 15.0 Å². The number of carbonyl (C=O) groups excluding carboxylic acids is 1. The molecule has 0 heterocycles. The van der Waals surface area contributed by atoms with Gasteiger partial charge in [-0.2, -0.15) is 0 Å². The standard InChI is InChI=1S/C68H131NO3/c1-3-5-7-9-11-13-15-17-19-21-23-25-27-29-31-32-33-34-35-36-38-39-41-43-45-47-49-51-53-55-57-59-61-63-67(71)66(65-70)69-68(72)64-62-60-58-56-54-52-50-48-46-44-42-40-37-30-28-26-24-22-20-18-16-14-12-10-8-6-4-2/h22,24,53,55,61,63,66-67,70-71H,3-21,23,25-52,54,56-60,62,64-65H2,1-2H3,(H,69,72)/b24-22-,55-53+,63-61+. The Kier molecular flexibility index (Phi) is 62.7. The van der Waals surface area contributed by atoms with E-state index in [0.717, 1.165) is 32.1 Å². The third-order valence-corrected chi connectivity index (χ3v) is 15.6.